The third kappa shape index (κ3) is 4.05. The third-order valence-electron chi connectivity index (χ3n) is 3.94. The first-order valence-electron chi connectivity index (χ1n) is 7.76. The second kappa shape index (κ2) is 7.05. The predicted octanol–water partition coefficient (Wildman–Crippen LogP) is 2.92. The first kappa shape index (κ1) is 16.0. The van der Waals surface area contributed by atoms with Crippen molar-refractivity contribution >= 4 is 5.97 Å². The molecule has 2 atom stereocenters. The normalized spacial score (nSPS) is 19.0. The van der Waals surface area contributed by atoms with E-state index in [1.54, 1.807) is 0 Å². The summed E-state index contributed by atoms with van der Waals surface area (Å²) in [6, 6.07) is 9.64. The minimum Gasteiger partial charge on any atom is -0.480 e. The zero-order valence-corrected chi connectivity index (χ0v) is 12.8. The molecule has 0 aliphatic heterocycles. The van der Waals surface area contributed by atoms with E-state index in [-0.39, 0.29) is 18.8 Å². The first-order valence-corrected chi connectivity index (χ1v) is 7.76. The molecule has 0 amide bonds. The van der Waals surface area contributed by atoms with Gasteiger partial charge in [0.2, 0.25) is 0 Å². The molecule has 1 aliphatic rings. The van der Waals surface area contributed by atoms with Gasteiger partial charge in [-0.05, 0) is 31.7 Å². The molecule has 0 radical (unpaired) electrons. The highest BCUT2D eigenvalue weighted by Gasteiger charge is 2.44. The van der Waals surface area contributed by atoms with Gasteiger partial charge in [0.25, 0.3) is 0 Å². The van der Waals surface area contributed by atoms with Crippen LogP contribution in [0.25, 0.3) is 0 Å². The molecule has 0 saturated heterocycles. The molecule has 0 aromatic heterocycles. The lowest BCUT2D eigenvalue weighted by molar-refractivity contribution is -0.149. The van der Waals surface area contributed by atoms with Crippen LogP contribution < -0.4 is 5.32 Å². The smallest absolute Gasteiger partial charge is 0.331 e. The number of nitrogens with one attached hydrogen (secondary N) is 1. The maximum atomic E-state index is 12.0. The number of benzene rings is 1. The van der Waals surface area contributed by atoms with E-state index >= 15 is 0 Å². The molecular weight excluding hydrogens is 266 g/mol. The van der Waals surface area contributed by atoms with Gasteiger partial charge in [0.1, 0.15) is 0 Å². The number of hydrogen-bond donors (Lipinski definition) is 2. The number of rotatable bonds is 9. The Morgan fingerprint density at radius 2 is 2.10 bits per heavy atom. The van der Waals surface area contributed by atoms with Crippen molar-refractivity contribution in [2.24, 2.45) is 0 Å². The largest absolute Gasteiger partial charge is 0.480 e. The van der Waals surface area contributed by atoms with Crippen LogP contribution >= 0.6 is 0 Å². The molecule has 1 fully saturated rings. The van der Waals surface area contributed by atoms with Gasteiger partial charge >= 0.3 is 5.97 Å². The SMILES string of the molecule is CCCC(C)OCC(NC1CC1)(C(=O)O)c1ccccc1. The van der Waals surface area contributed by atoms with Crippen molar-refractivity contribution < 1.29 is 14.6 Å². The molecule has 2 N–H and O–H groups in total. The van der Waals surface area contributed by atoms with Crippen molar-refractivity contribution in [1.82, 2.24) is 5.32 Å². The van der Waals surface area contributed by atoms with Crippen LogP contribution in [0.5, 0.6) is 0 Å². The summed E-state index contributed by atoms with van der Waals surface area (Å²) >= 11 is 0. The summed E-state index contributed by atoms with van der Waals surface area (Å²) in [5.74, 6) is -0.871. The molecular formula is C17H25NO3. The van der Waals surface area contributed by atoms with E-state index in [0.717, 1.165) is 31.2 Å². The van der Waals surface area contributed by atoms with Crippen LogP contribution in [-0.2, 0) is 15.1 Å². The van der Waals surface area contributed by atoms with Gasteiger partial charge in [0.05, 0.1) is 12.7 Å². The number of hydrogen-bond acceptors (Lipinski definition) is 3. The molecule has 1 saturated carbocycles. The molecule has 0 spiro atoms. The van der Waals surface area contributed by atoms with E-state index in [0.29, 0.717) is 0 Å². The van der Waals surface area contributed by atoms with Crippen LogP contribution in [-0.4, -0.2) is 29.8 Å². The van der Waals surface area contributed by atoms with E-state index in [9.17, 15) is 9.90 Å². The fourth-order valence-electron chi connectivity index (χ4n) is 2.51. The Labute approximate surface area is 126 Å². The Morgan fingerprint density at radius 1 is 1.43 bits per heavy atom. The second-order valence-corrected chi connectivity index (χ2v) is 5.91. The topological polar surface area (TPSA) is 58.6 Å². The molecule has 1 aromatic carbocycles. The quantitative estimate of drug-likeness (QED) is 0.734. The van der Waals surface area contributed by atoms with Crippen LogP contribution in [0.2, 0.25) is 0 Å². The fourth-order valence-corrected chi connectivity index (χ4v) is 2.51. The monoisotopic (exact) mass is 291 g/mol. The van der Waals surface area contributed by atoms with E-state index in [1.807, 2.05) is 37.3 Å². The number of carbonyl (C=O) groups is 1. The van der Waals surface area contributed by atoms with E-state index in [4.69, 9.17) is 4.74 Å². The highest BCUT2D eigenvalue weighted by Crippen LogP contribution is 2.30. The number of carboxylic acids is 1. The van der Waals surface area contributed by atoms with Crippen LogP contribution in [0.4, 0.5) is 0 Å². The standard InChI is InChI=1S/C17H25NO3/c1-3-7-13(2)21-12-17(16(19)20,18-15-10-11-15)14-8-5-4-6-9-14/h4-6,8-9,13,15,18H,3,7,10-12H2,1-2H3,(H,19,20). The lowest BCUT2D eigenvalue weighted by Crippen LogP contribution is -2.54. The van der Waals surface area contributed by atoms with Crippen LogP contribution in [0, 0.1) is 0 Å². The zero-order valence-electron chi connectivity index (χ0n) is 12.8. The van der Waals surface area contributed by atoms with Gasteiger partial charge in [0.15, 0.2) is 5.54 Å². The Kier molecular flexibility index (Phi) is 5.37. The minimum absolute atomic E-state index is 0.0680. The Bertz CT molecular complexity index is 458. The Hall–Kier alpha value is -1.39. The zero-order chi connectivity index (χ0) is 15.3. The molecule has 0 heterocycles. The van der Waals surface area contributed by atoms with Crippen LogP contribution in [0.15, 0.2) is 30.3 Å². The Balaban J connectivity index is 2.20. The highest BCUT2D eigenvalue weighted by atomic mass is 16.5. The molecule has 2 rings (SSSR count). The highest BCUT2D eigenvalue weighted by molar-refractivity contribution is 5.81. The first-order chi connectivity index (χ1) is 10.1. The third-order valence-corrected chi connectivity index (χ3v) is 3.94. The average molecular weight is 291 g/mol. The van der Waals surface area contributed by atoms with Crippen molar-refractivity contribution in [3.63, 3.8) is 0 Å². The molecule has 21 heavy (non-hydrogen) atoms. The summed E-state index contributed by atoms with van der Waals surface area (Å²) < 4.78 is 5.85. The van der Waals surface area contributed by atoms with E-state index < -0.39 is 11.5 Å². The maximum absolute atomic E-state index is 12.0. The van der Waals surface area contributed by atoms with Gasteiger partial charge in [-0.15, -0.1) is 0 Å². The molecule has 1 aromatic rings. The van der Waals surface area contributed by atoms with Gasteiger partial charge in [-0.2, -0.15) is 0 Å². The predicted molar refractivity (Wildman–Crippen MR) is 82.2 cm³/mol. The summed E-state index contributed by atoms with van der Waals surface area (Å²) in [4.78, 5) is 12.0. The lowest BCUT2D eigenvalue weighted by Gasteiger charge is -2.32. The fraction of sp³-hybridized carbons (Fsp3) is 0.588. The number of carboxylic acid groups (broad SMARTS) is 1. The molecule has 2 unspecified atom stereocenters. The summed E-state index contributed by atoms with van der Waals surface area (Å²) in [5, 5.41) is 13.1. The van der Waals surface area contributed by atoms with Gasteiger partial charge < -0.3 is 9.84 Å². The lowest BCUT2D eigenvalue weighted by atomic mass is 9.90. The molecule has 116 valence electrons. The molecule has 0 bridgehead atoms. The average Bonchev–Trinajstić information content (AvgIpc) is 3.28. The van der Waals surface area contributed by atoms with E-state index in [2.05, 4.69) is 12.2 Å². The second-order valence-electron chi connectivity index (χ2n) is 5.91. The molecule has 4 heteroatoms. The minimum atomic E-state index is -1.15. The summed E-state index contributed by atoms with van der Waals surface area (Å²) in [6.07, 6.45) is 4.11. The molecule has 1 aliphatic carbocycles. The van der Waals surface area contributed by atoms with Crippen molar-refractivity contribution in [1.29, 1.82) is 0 Å². The van der Waals surface area contributed by atoms with Crippen LogP contribution in [0.3, 0.4) is 0 Å². The number of aliphatic carboxylic acids is 1. The molecule has 4 nitrogen and oxygen atoms in total. The summed E-state index contributed by atoms with van der Waals surface area (Å²) in [7, 11) is 0. The summed E-state index contributed by atoms with van der Waals surface area (Å²) in [6.45, 7) is 4.26. The van der Waals surface area contributed by atoms with Crippen LogP contribution in [0.1, 0.15) is 45.1 Å². The van der Waals surface area contributed by atoms with Crippen molar-refractivity contribution in [2.75, 3.05) is 6.61 Å². The van der Waals surface area contributed by atoms with Gasteiger partial charge in [-0.1, -0.05) is 43.7 Å². The van der Waals surface area contributed by atoms with Gasteiger partial charge in [0, 0.05) is 6.04 Å². The summed E-state index contributed by atoms with van der Waals surface area (Å²) in [5.41, 5.74) is -0.391. The number of ether oxygens (including phenoxy) is 1. The van der Waals surface area contributed by atoms with Crippen molar-refractivity contribution in [3.05, 3.63) is 35.9 Å². The van der Waals surface area contributed by atoms with Gasteiger partial charge in [-0.3, -0.25) is 5.32 Å². The Morgan fingerprint density at radius 3 is 2.62 bits per heavy atom. The van der Waals surface area contributed by atoms with E-state index in [1.165, 1.54) is 0 Å². The maximum Gasteiger partial charge on any atom is 0.331 e. The van der Waals surface area contributed by atoms with Crippen molar-refractivity contribution in [2.45, 2.75) is 57.2 Å². The van der Waals surface area contributed by atoms with Crippen molar-refractivity contribution in [3.8, 4) is 0 Å². The van der Waals surface area contributed by atoms with Gasteiger partial charge in [-0.25, -0.2) is 4.79 Å².